The van der Waals surface area contributed by atoms with Crippen LogP contribution in [0.1, 0.15) is 49.7 Å². The molecule has 0 amide bonds. The Bertz CT molecular complexity index is 1060. The lowest BCUT2D eigenvalue weighted by atomic mass is 10.1. The number of alkyl halides is 3. The first-order valence-corrected chi connectivity index (χ1v) is 9.76. The summed E-state index contributed by atoms with van der Waals surface area (Å²) < 4.78 is 41.1. The van der Waals surface area contributed by atoms with Crippen molar-refractivity contribution in [3.63, 3.8) is 0 Å². The minimum Gasteiger partial charge on any atom is -0.290 e. The lowest BCUT2D eigenvalue weighted by molar-refractivity contribution is -0.138. The van der Waals surface area contributed by atoms with Gasteiger partial charge in [0.25, 0.3) is 5.56 Å². The van der Waals surface area contributed by atoms with Crippen LogP contribution in [0.3, 0.4) is 0 Å². The van der Waals surface area contributed by atoms with Crippen LogP contribution < -0.4 is 5.56 Å². The van der Waals surface area contributed by atoms with Crippen LogP contribution in [0.25, 0.3) is 11.0 Å². The minimum absolute atomic E-state index is 0.00321. The van der Waals surface area contributed by atoms with E-state index < -0.39 is 11.7 Å². The summed E-state index contributed by atoms with van der Waals surface area (Å²) in [6.07, 6.45) is -1.15. The predicted octanol–water partition coefficient (Wildman–Crippen LogP) is 5.52. The smallest absolute Gasteiger partial charge is 0.290 e. The van der Waals surface area contributed by atoms with Crippen LogP contribution in [0, 0.1) is 0 Å². The van der Waals surface area contributed by atoms with Gasteiger partial charge in [-0.2, -0.15) is 13.2 Å². The number of benzene rings is 1. The maximum Gasteiger partial charge on any atom is 0.417 e. The summed E-state index contributed by atoms with van der Waals surface area (Å²) in [7, 11) is 0. The van der Waals surface area contributed by atoms with Crippen molar-refractivity contribution in [2.75, 3.05) is 0 Å². The van der Waals surface area contributed by atoms with Crippen LogP contribution in [-0.4, -0.2) is 14.5 Å². The standard InChI is InChI=1S/C20H19BrF3N3O/c1-3-14(4-2)27-18(28)8-6-13-11-25-17(26-19(13)27)10-12-5-7-16(21)15(9-12)20(22,23)24/h5-9,11,14H,3-4,10H2,1-2H3. The van der Waals surface area contributed by atoms with Gasteiger partial charge in [0.1, 0.15) is 11.5 Å². The van der Waals surface area contributed by atoms with E-state index in [0.717, 1.165) is 24.3 Å². The van der Waals surface area contributed by atoms with Crippen LogP contribution in [0.4, 0.5) is 13.2 Å². The van der Waals surface area contributed by atoms with Crippen LogP contribution >= 0.6 is 15.9 Å². The van der Waals surface area contributed by atoms with Crippen molar-refractivity contribution in [2.24, 2.45) is 0 Å². The van der Waals surface area contributed by atoms with Gasteiger partial charge < -0.3 is 0 Å². The van der Waals surface area contributed by atoms with Crippen molar-refractivity contribution in [1.82, 2.24) is 14.5 Å². The summed E-state index contributed by atoms with van der Waals surface area (Å²) in [4.78, 5) is 21.2. The van der Waals surface area contributed by atoms with E-state index in [1.54, 1.807) is 22.9 Å². The SMILES string of the molecule is CCC(CC)n1c(=O)ccc2cnc(Cc3ccc(Br)c(C(F)(F)F)c3)nc21. The van der Waals surface area contributed by atoms with E-state index in [2.05, 4.69) is 25.9 Å². The molecular formula is C20H19BrF3N3O. The van der Waals surface area contributed by atoms with Crippen LogP contribution in [0.5, 0.6) is 0 Å². The van der Waals surface area contributed by atoms with Crippen molar-refractivity contribution >= 4 is 27.0 Å². The highest BCUT2D eigenvalue weighted by Crippen LogP contribution is 2.35. The zero-order valence-electron chi connectivity index (χ0n) is 15.4. The lowest BCUT2D eigenvalue weighted by Gasteiger charge is -2.18. The first-order valence-electron chi connectivity index (χ1n) is 8.97. The van der Waals surface area contributed by atoms with Gasteiger partial charge in [-0.05, 0) is 36.6 Å². The summed E-state index contributed by atoms with van der Waals surface area (Å²) in [6.45, 7) is 4.00. The monoisotopic (exact) mass is 453 g/mol. The molecule has 148 valence electrons. The van der Waals surface area contributed by atoms with E-state index in [0.29, 0.717) is 17.0 Å². The molecule has 0 spiro atoms. The molecule has 0 fully saturated rings. The number of pyridine rings is 1. The van der Waals surface area contributed by atoms with Crippen LogP contribution in [-0.2, 0) is 12.6 Å². The Kier molecular flexibility index (Phi) is 5.88. The van der Waals surface area contributed by atoms with Gasteiger partial charge in [0.15, 0.2) is 0 Å². The quantitative estimate of drug-likeness (QED) is 0.510. The molecule has 0 bridgehead atoms. The molecule has 0 atom stereocenters. The number of aromatic nitrogens is 3. The van der Waals surface area contributed by atoms with Crippen LogP contribution in [0.15, 0.2) is 45.8 Å². The molecule has 0 aliphatic carbocycles. The molecule has 0 radical (unpaired) electrons. The fraction of sp³-hybridized carbons (Fsp3) is 0.350. The number of rotatable bonds is 5. The first kappa shape index (κ1) is 20.5. The van der Waals surface area contributed by atoms with Crippen molar-refractivity contribution < 1.29 is 13.2 Å². The lowest BCUT2D eigenvalue weighted by Crippen LogP contribution is -2.24. The highest BCUT2D eigenvalue weighted by Gasteiger charge is 2.33. The van der Waals surface area contributed by atoms with E-state index >= 15 is 0 Å². The highest BCUT2D eigenvalue weighted by molar-refractivity contribution is 9.10. The zero-order chi connectivity index (χ0) is 20.5. The zero-order valence-corrected chi connectivity index (χ0v) is 17.0. The largest absolute Gasteiger partial charge is 0.417 e. The summed E-state index contributed by atoms with van der Waals surface area (Å²) >= 11 is 2.94. The van der Waals surface area contributed by atoms with Gasteiger partial charge in [-0.25, -0.2) is 9.97 Å². The molecule has 0 aliphatic heterocycles. The Morgan fingerprint density at radius 1 is 1.14 bits per heavy atom. The molecule has 3 rings (SSSR count). The predicted molar refractivity (Wildman–Crippen MR) is 105 cm³/mol. The molecule has 2 heterocycles. The second-order valence-electron chi connectivity index (χ2n) is 6.57. The van der Waals surface area contributed by atoms with Gasteiger partial charge in [-0.3, -0.25) is 9.36 Å². The summed E-state index contributed by atoms with van der Waals surface area (Å²) in [6, 6.07) is 7.24. The molecular weight excluding hydrogens is 435 g/mol. The Labute approximate surface area is 168 Å². The van der Waals surface area contributed by atoms with E-state index in [4.69, 9.17) is 0 Å². The van der Waals surface area contributed by atoms with Crippen molar-refractivity contribution in [2.45, 2.75) is 45.3 Å². The second-order valence-corrected chi connectivity index (χ2v) is 7.42. The number of nitrogens with zero attached hydrogens (tertiary/aromatic N) is 3. The van der Waals surface area contributed by atoms with Gasteiger partial charge in [0.05, 0.1) is 5.56 Å². The Morgan fingerprint density at radius 2 is 1.86 bits per heavy atom. The van der Waals surface area contributed by atoms with Gasteiger partial charge in [-0.15, -0.1) is 0 Å². The van der Waals surface area contributed by atoms with E-state index in [9.17, 15) is 18.0 Å². The molecule has 8 heteroatoms. The first-order chi connectivity index (χ1) is 13.2. The van der Waals surface area contributed by atoms with Gasteiger partial charge in [-0.1, -0.05) is 35.8 Å². The normalized spacial score (nSPS) is 12.1. The topological polar surface area (TPSA) is 47.8 Å². The molecule has 0 N–H and O–H groups in total. The molecule has 1 aromatic carbocycles. The van der Waals surface area contributed by atoms with Crippen molar-refractivity contribution in [1.29, 1.82) is 0 Å². The van der Waals surface area contributed by atoms with Gasteiger partial charge in [0.2, 0.25) is 0 Å². The number of hydrogen-bond donors (Lipinski definition) is 0. The average molecular weight is 454 g/mol. The summed E-state index contributed by atoms with van der Waals surface area (Å²) in [5.41, 5.74) is 0.0789. The number of halogens is 4. The minimum atomic E-state index is -4.45. The fourth-order valence-corrected chi connectivity index (χ4v) is 3.72. The Balaban J connectivity index is 2.06. The average Bonchev–Trinajstić information content (AvgIpc) is 2.65. The van der Waals surface area contributed by atoms with E-state index in [-0.39, 0.29) is 22.5 Å². The maximum absolute atomic E-state index is 13.1. The molecule has 3 aromatic rings. The van der Waals surface area contributed by atoms with Crippen LogP contribution in [0.2, 0.25) is 0 Å². The number of hydrogen-bond acceptors (Lipinski definition) is 3. The maximum atomic E-state index is 13.1. The Hall–Kier alpha value is -2.22. The van der Waals surface area contributed by atoms with Gasteiger partial charge in [0, 0.05) is 34.6 Å². The summed E-state index contributed by atoms with van der Waals surface area (Å²) in [5.74, 6) is 0.369. The van der Waals surface area contributed by atoms with E-state index in [1.165, 1.54) is 12.1 Å². The summed E-state index contributed by atoms with van der Waals surface area (Å²) in [5, 5.41) is 0.724. The third-order valence-corrected chi connectivity index (χ3v) is 5.41. The third kappa shape index (κ3) is 4.11. The highest BCUT2D eigenvalue weighted by atomic mass is 79.9. The molecule has 4 nitrogen and oxygen atoms in total. The Morgan fingerprint density at radius 3 is 2.50 bits per heavy atom. The molecule has 0 saturated carbocycles. The van der Waals surface area contributed by atoms with E-state index in [1.807, 2.05) is 13.8 Å². The third-order valence-electron chi connectivity index (χ3n) is 4.72. The molecule has 0 saturated heterocycles. The van der Waals surface area contributed by atoms with Crippen molar-refractivity contribution in [3.8, 4) is 0 Å². The van der Waals surface area contributed by atoms with Crippen molar-refractivity contribution in [3.05, 3.63) is 68.3 Å². The number of fused-ring (bicyclic) bond motifs is 1. The molecule has 0 unspecified atom stereocenters. The molecule has 28 heavy (non-hydrogen) atoms. The molecule has 2 aromatic heterocycles. The fourth-order valence-electron chi connectivity index (χ4n) is 3.25. The van der Waals surface area contributed by atoms with Gasteiger partial charge >= 0.3 is 6.18 Å². The second kappa shape index (κ2) is 8.03. The molecule has 0 aliphatic rings.